The molecule has 1 aromatic carbocycles. The van der Waals surface area contributed by atoms with Crippen LogP contribution < -0.4 is 10.6 Å². The van der Waals surface area contributed by atoms with Crippen LogP contribution in [0.2, 0.25) is 0 Å². The number of aromatic amines is 1. The molecule has 2 amide bonds. The van der Waals surface area contributed by atoms with Crippen molar-refractivity contribution in [1.82, 2.24) is 15.5 Å². The summed E-state index contributed by atoms with van der Waals surface area (Å²) in [5.41, 5.74) is 0.841. The highest BCUT2D eigenvalue weighted by Gasteiger charge is 2.05. The van der Waals surface area contributed by atoms with Gasteiger partial charge in [0.05, 0.1) is 6.20 Å². The molecule has 0 saturated carbocycles. The summed E-state index contributed by atoms with van der Waals surface area (Å²) in [6.45, 7) is 0.264. The van der Waals surface area contributed by atoms with Crippen LogP contribution >= 0.6 is 0 Å². The second-order valence-corrected chi connectivity index (χ2v) is 3.57. The quantitative estimate of drug-likeness (QED) is 0.782. The van der Waals surface area contributed by atoms with E-state index in [0.29, 0.717) is 0 Å². The van der Waals surface area contributed by atoms with Crippen molar-refractivity contribution in [3.05, 3.63) is 47.8 Å². The van der Waals surface area contributed by atoms with E-state index in [1.165, 1.54) is 0 Å². The number of anilines is 1. The Kier molecular flexibility index (Phi) is 3.52. The van der Waals surface area contributed by atoms with Crippen LogP contribution in [0.3, 0.4) is 0 Å². The minimum Gasteiger partial charge on any atom is -0.334 e. The highest BCUT2D eigenvalue weighted by Crippen LogP contribution is 2.12. The van der Waals surface area contributed by atoms with E-state index < -0.39 is 17.7 Å². The molecule has 5 nitrogen and oxygen atoms in total. The fourth-order valence-corrected chi connectivity index (χ4v) is 1.36. The van der Waals surface area contributed by atoms with E-state index in [9.17, 15) is 13.6 Å². The maximum Gasteiger partial charge on any atom is 0.319 e. The van der Waals surface area contributed by atoms with Crippen molar-refractivity contribution < 1.29 is 13.6 Å². The van der Waals surface area contributed by atoms with Gasteiger partial charge in [-0.2, -0.15) is 5.10 Å². The van der Waals surface area contributed by atoms with Gasteiger partial charge in [-0.25, -0.2) is 13.6 Å². The summed E-state index contributed by atoms with van der Waals surface area (Å²) in [7, 11) is 0. The predicted octanol–water partition coefficient (Wildman–Crippen LogP) is 2.01. The van der Waals surface area contributed by atoms with Crippen molar-refractivity contribution >= 4 is 11.7 Å². The molecule has 0 atom stereocenters. The zero-order valence-corrected chi connectivity index (χ0v) is 9.21. The van der Waals surface area contributed by atoms with Crippen LogP contribution in [0.15, 0.2) is 30.6 Å². The van der Waals surface area contributed by atoms with Crippen molar-refractivity contribution in [2.75, 3.05) is 5.32 Å². The molecule has 7 heteroatoms. The molecule has 1 heterocycles. The fraction of sp³-hybridized carbons (Fsp3) is 0.0909. The molecule has 2 rings (SSSR count). The van der Waals surface area contributed by atoms with E-state index in [1.807, 2.05) is 0 Å². The predicted molar refractivity (Wildman–Crippen MR) is 60.8 cm³/mol. The third-order valence-electron chi connectivity index (χ3n) is 2.13. The van der Waals surface area contributed by atoms with E-state index in [0.717, 1.165) is 23.8 Å². The Bertz CT molecular complexity index is 522. The average Bonchev–Trinajstić information content (AvgIpc) is 2.77. The number of halogens is 2. The van der Waals surface area contributed by atoms with Crippen molar-refractivity contribution in [2.45, 2.75) is 6.54 Å². The van der Waals surface area contributed by atoms with Crippen LogP contribution in [0, 0.1) is 11.6 Å². The molecule has 94 valence electrons. The number of nitrogens with zero attached hydrogens (tertiary/aromatic N) is 1. The lowest BCUT2D eigenvalue weighted by atomic mass is 10.3. The van der Waals surface area contributed by atoms with Gasteiger partial charge in [0.15, 0.2) is 0 Å². The van der Waals surface area contributed by atoms with Crippen LogP contribution in [0.4, 0.5) is 19.3 Å². The number of hydrogen-bond donors (Lipinski definition) is 3. The molecule has 2 aromatic rings. The Labute approximate surface area is 101 Å². The van der Waals surface area contributed by atoms with Crippen molar-refractivity contribution in [1.29, 1.82) is 0 Å². The number of H-pyrrole nitrogens is 1. The van der Waals surface area contributed by atoms with Gasteiger partial charge in [-0.05, 0) is 12.1 Å². The average molecular weight is 252 g/mol. The summed E-state index contributed by atoms with van der Waals surface area (Å²) in [5.74, 6) is -1.50. The fourth-order valence-electron chi connectivity index (χ4n) is 1.36. The van der Waals surface area contributed by atoms with E-state index >= 15 is 0 Å². The molecule has 18 heavy (non-hydrogen) atoms. The van der Waals surface area contributed by atoms with Gasteiger partial charge in [-0.15, -0.1) is 0 Å². The number of amides is 2. The number of urea groups is 1. The Hall–Kier alpha value is -2.44. The first-order valence-corrected chi connectivity index (χ1v) is 5.12. The smallest absolute Gasteiger partial charge is 0.319 e. The summed E-state index contributed by atoms with van der Waals surface area (Å²) in [6.07, 6.45) is 3.18. The van der Waals surface area contributed by atoms with Gasteiger partial charge in [0, 0.05) is 30.1 Å². The molecule has 0 bridgehead atoms. The number of hydrogen-bond acceptors (Lipinski definition) is 2. The van der Waals surface area contributed by atoms with Gasteiger partial charge >= 0.3 is 6.03 Å². The second kappa shape index (κ2) is 5.26. The maximum absolute atomic E-state index is 12.9. The minimum absolute atomic E-state index is 0.0530. The molecule has 0 fully saturated rings. The van der Waals surface area contributed by atoms with Gasteiger partial charge < -0.3 is 10.6 Å². The van der Waals surface area contributed by atoms with Gasteiger partial charge in [-0.1, -0.05) is 0 Å². The molecule has 0 radical (unpaired) electrons. The maximum atomic E-state index is 12.9. The first kappa shape index (κ1) is 12.0. The lowest BCUT2D eigenvalue weighted by Crippen LogP contribution is -2.28. The SMILES string of the molecule is O=C(NCc1cn[nH]c1)Nc1cc(F)cc(F)c1. The normalized spacial score (nSPS) is 10.1. The van der Waals surface area contributed by atoms with E-state index in [4.69, 9.17) is 0 Å². The summed E-state index contributed by atoms with van der Waals surface area (Å²) < 4.78 is 25.7. The first-order valence-electron chi connectivity index (χ1n) is 5.12. The highest BCUT2D eigenvalue weighted by atomic mass is 19.1. The topological polar surface area (TPSA) is 69.8 Å². The summed E-state index contributed by atoms with van der Waals surface area (Å²) in [5, 5.41) is 11.2. The van der Waals surface area contributed by atoms with Crippen LogP contribution in [-0.2, 0) is 6.54 Å². The molecule has 0 saturated heterocycles. The van der Waals surface area contributed by atoms with Crippen molar-refractivity contribution in [2.24, 2.45) is 0 Å². The van der Waals surface area contributed by atoms with Gasteiger partial charge in [-0.3, -0.25) is 5.10 Å². The van der Waals surface area contributed by atoms with Gasteiger partial charge in [0.1, 0.15) is 11.6 Å². The van der Waals surface area contributed by atoms with E-state index in [1.54, 1.807) is 12.4 Å². The van der Waals surface area contributed by atoms with Crippen molar-refractivity contribution in [3.63, 3.8) is 0 Å². The van der Waals surface area contributed by atoms with Gasteiger partial charge in [0.25, 0.3) is 0 Å². The summed E-state index contributed by atoms with van der Waals surface area (Å²) >= 11 is 0. The molecular weight excluding hydrogens is 242 g/mol. The molecule has 0 aliphatic heterocycles. The Morgan fingerprint density at radius 3 is 2.61 bits per heavy atom. The largest absolute Gasteiger partial charge is 0.334 e. The number of aromatic nitrogens is 2. The summed E-state index contributed by atoms with van der Waals surface area (Å²) in [6, 6.07) is 2.23. The van der Waals surface area contributed by atoms with E-state index in [2.05, 4.69) is 20.8 Å². The molecule has 3 N–H and O–H groups in total. The van der Waals surface area contributed by atoms with Crippen molar-refractivity contribution in [3.8, 4) is 0 Å². The summed E-state index contributed by atoms with van der Waals surface area (Å²) in [4.78, 5) is 11.4. The zero-order valence-electron chi connectivity index (χ0n) is 9.21. The second-order valence-electron chi connectivity index (χ2n) is 3.57. The third kappa shape index (κ3) is 3.27. The monoisotopic (exact) mass is 252 g/mol. The Balaban J connectivity index is 1.90. The van der Waals surface area contributed by atoms with Crippen LogP contribution in [0.5, 0.6) is 0 Å². The zero-order chi connectivity index (χ0) is 13.0. The minimum atomic E-state index is -0.750. The number of rotatable bonds is 3. The molecular formula is C11H10F2N4O. The van der Waals surface area contributed by atoms with Crippen LogP contribution in [0.25, 0.3) is 0 Å². The molecule has 1 aromatic heterocycles. The van der Waals surface area contributed by atoms with Crippen LogP contribution in [-0.4, -0.2) is 16.2 Å². The molecule has 0 spiro atoms. The number of carbonyl (C=O) groups is 1. The lowest BCUT2D eigenvalue weighted by molar-refractivity contribution is 0.251. The number of nitrogens with one attached hydrogen (secondary N) is 3. The van der Waals surface area contributed by atoms with Gasteiger partial charge in [0.2, 0.25) is 0 Å². The first-order chi connectivity index (χ1) is 8.63. The lowest BCUT2D eigenvalue weighted by Gasteiger charge is -2.06. The molecule has 0 aliphatic rings. The van der Waals surface area contributed by atoms with E-state index in [-0.39, 0.29) is 12.2 Å². The molecule has 0 unspecified atom stereocenters. The third-order valence-corrected chi connectivity index (χ3v) is 2.13. The number of carbonyl (C=O) groups excluding carboxylic acids is 1. The number of benzene rings is 1. The van der Waals surface area contributed by atoms with Crippen LogP contribution in [0.1, 0.15) is 5.56 Å². The standard InChI is InChI=1S/C11H10F2N4O/c12-8-1-9(13)3-10(2-8)17-11(18)14-4-7-5-15-16-6-7/h1-3,5-6H,4H2,(H,15,16)(H2,14,17,18). The Morgan fingerprint density at radius 2 is 2.00 bits per heavy atom. The highest BCUT2D eigenvalue weighted by molar-refractivity contribution is 5.89. The Morgan fingerprint density at radius 1 is 1.28 bits per heavy atom. The molecule has 0 aliphatic carbocycles.